The molecule has 8 heteroatoms. The Morgan fingerprint density at radius 2 is 2.22 bits per heavy atom. The molecule has 0 spiro atoms. The molecule has 0 aromatic carbocycles. The fourth-order valence-electron chi connectivity index (χ4n) is 2.17. The van der Waals surface area contributed by atoms with Crippen molar-refractivity contribution in [1.29, 1.82) is 0 Å². The first-order valence-corrected chi connectivity index (χ1v) is 8.86. The Labute approximate surface area is 142 Å². The molecule has 0 fully saturated rings. The second-order valence-electron chi connectivity index (χ2n) is 5.16. The number of carbonyl (C=O) groups is 1. The summed E-state index contributed by atoms with van der Waals surface area (Å²) >= 11 is 2.84. The number of thiophene rings is 1. The molecular formula is C15H17N5OS2. The van der Waals surface area contributed by atoms with E-state index in [1.165, 1.54) is 16.4 Å². The normalized spacial score (nSPS) is 10.9. The van der Waals surface area contributed by atoms with Crippen LogP contribution in [0.25, 0.3) is 10.7 Å². The zero-order valence-corrected chi connectivity index (χ0v) is 14.8. The molecule has 0 aliphatic rings. The fourth-order valence-corrected chi connectivity index (χ4v) is 3.63. The molecule has 3 aromatic rings. The summed E-state index contributed by atoms with van der Waals surface area (Å²) in [4.78, 5) is 18.8. The number of amides is 1. The molecular weight excluding hydrogens is 330 g/mol. The van der Waals surface area contributed by atoms with Crippen molar-refractivity contribution >= 4 is 33.9 Å². The minimum absolute atomic E-state index is 0.110. The molecule has 0 saturated carbocycles. The number of carbonyl (C=O) groups excluding carboxylic acids is 1. The van der Waals surface area contributed by atoms with Gasteiger partial charge in [0, 0.05) is 29.2 Å². The molecule has 0 unspecified atom stereocenters. The predicted molar refractivity (Wildman–Crippen MR) is 92.9 cm³/mol. The molecule has 120 valence electrons. The van der Waals surface area contributed by atoms with Crippen LogP contribution in [-0.2, 0) is 24.7 Å². The Hall–Kier alpha value is -2.06. The first kappa shape index (κ1) is 15.8. The highest BCUT2D eigenvalue weighted by molar-refractivity contribution is 7.15. The van der Waals surface area contributed by atoms with Gasteiger partial charge < -0.3 is 5.32 Å². The molecule has 23 heavy (non-hydrogen) atoms. The average molecular weight is 347 g/mol. The van der Waals surface area contributed by atoms with Gasteiger partial charge in [-0.2, -0.15) is 14.5 Å². The van der Waals surface area contributed by atoms with Crippen molar-refractivity contribution < 1.29 is 4.79 Å². The maximum atomic E-state index is 12.2. The zero-order chi connectivity index (χ0) is 16.4. The van der Waals surface area contributed by atoms with E-state index in [2.05, 4.69) is 19.8 Å². The second-order valence-corrected chi connectivity index (χ2v) is 7.20. The van der Waals surface area contributed by atoms with Gasteiger partial charge in [-0.1, -0.05) is 6.92 Å². The number of hydrogen-bond donors (Lipinski definition) is 1. The van der Waals surface area contributed by atoms with E-state index in [1.807, 2.05) is 39.1 Å². The average Bonchev–Trinajstić information content (AvgIpc) is 3.21. The van der Waals surface area contributed by atoms with E-state index >= 15 is 0 Å². The van der Waals surface area contributed by atoms with E-state index in [1.54, 1.807) is 16.0 Å². The van der Waals surface area contributed by atoms with Gasteiger partial charge >= 0.3 is 0 Å². The monoisotopic (exact) mass is 347 g/mol. The molecule has 1 N–H and O–H groups in total. The maximum Gasteiger partial charge on any atom is 0.232 e. The van der Waals surface area contributed by atoms with E-state index in [-0.39, 0.29) is 12.3 Å². The molecule has 3 aromatic heterocycles. The van der Waals surface area contributed by atoms with Gasteiger partial charge in [0.05, 0.1) is 17.0 Å². The number of nitrogens with one attached hydrogen (secondary N) is 1. The predicted octanol–water partition coefficient (Wildman–Crippen LogP) is 3.05. The minimum atomic E-state index is -0.110. The van der Waals surface area contributed by atoms with Crippen LogP contribution >= 0.6 is 22.9 Å². The van der Waals surface area contributed by atoms with Crippen LogP contribution in [0.15, 0.2) is 18.2 Å². The van der Waals surface area contributed by atoms with Crippen LogP contribution in [0.3, 0.4) is 0 Å². The fraction of sp³-hybridized carbons (Fsp3) is 0.333. The van der Waals surface area contributed by atoms with Gasteiger partial charge in [-0.25, -0.2) is 0 Å². The molecule has 0 aliphatic heterocycles. The second kappa shape index (κ2) is 6.59. The number of anilines is 1. The summed E-state index contributed by atoms with van der Waals surface area (Å²) in [6.07, 6.45) is 1.13. The van der Waals surface area contributed by atoms with Crippen LogP contribution in [0.1, 0.15) is 23.2 Å². The summed E-state index contributed by atoms with van der Waals surface area (Å²) in [6.45, 7) is 4.09. The van der Waals surface area contributed by atoms with Gasteiger partial charge in [-0.05, 0) is 31.5 Å². The summed E-state index contributed by atoms with van der Waals surface area (Å²) < 4.78 is 6.05. The molecule has 0 bridgehead atoms. The van der Waals surface area contributed by atoms with Crippen LogP contribution in [-0.4, -0.2) is 25.0 Å². The molecule has 0 atom stereocenters. The lowest BCUT2D eigenvalue weighted by atomic mass is 10.2. The highest BCUT2D eigenvalue weighted by Gasteiger charge is 2.13. The molecule has 0 saturated heterocycles. The molecule has 6 nitrogen and oxygen atoms in total. The first-order valence-electron chi connectivity index (χ1n) is 7.27. The summed E-state index contributed by atoms with van der Waals surface area (Å²) in [5.74, 6) is 0.554. The molecule has 0 aliphatic carbocycles. The number of rotatable bonds is 5. The minimum Gasteiger partial charge on any atom is -0.300 e. The lowest BCUT2D eigenvalue weighted by Gasteiger charge is -2.01. The third kappa shape index (κ3) is 3.65. The quantitative estimate of drug-likeness (QED) is 0.770. The first-order chi connectivity index (χ1) is 11.0. The van der Waals surface area contributed by atoms with Gasteiger partial charge in [-0.15, -0.1) is 11.3 Å². The largest absolute Gasteiger partial charge is 0.300 e. The molecule has 3 rings (SSSR count). The van der Waals surface area contributed by atoms with Crippen molar-refractivity contribution in [3.05, 3.63) is 34.5 Å². The van der Waals surface area contributed by atoms with Crippen molar-refractivity contribution in [2.75, 3.05) is 5.32 Å². The lowest BCUT2D eigenvalue weighted by molar-refractivity contribution is -0.115. The zero-order valence-electron chi connectivity index (χ0n) is 13.2. The van der Waals surface area contributed by atoms with E-state index in [0.717, 1.165) is 22.7 Å². The SMILES string of the molecule is CCc1cc(CC(=O)Nc2nc(-c3ccc(C)s3)ns2)n(C)n1. The Morgan fingerprint density at radius 1 is 1.39 bits per heavy atom. The van der Waals surface area contributed by atoms with Crippen LogP contribution in [0.2, 0.25) is 0 Å². The van der Waals surface area contributed by atoms with Crippen molar-refractivity contribution in [2.24, 2.45) is 7.05 Å². The molecule has 3 heterocycles. The standard InChI is InChI=1S/C15H17N5OS2/c1-4-10-7-11(20(3)18-10)8-13(21)16-15-17-14(19-23-15)12-6-5-9(2)22-12/h5-7H,4,8H2,1-3H3,(H,16,17,19,21). The summed E-state index contributed by atoms with van der Waals surface area (Å²) in [6, 6.07) is 5.99. The summed E-state index contributed by atoms with van der Waals surface area (Å²) in [7, 11) is 1.85. The van der Waals surface area contributed by atoms with Gasteiger partial charge in [0.25, 0.3) is 0 Å². The van der Waals surface area contributed by atoms with Crippen LogP contribution in [0.5, 0.6) is 0 Å². The summed E-state index contributed by atoms with van der Waals surface area (Å²) in [5, 5.41) is 7.68. The van der Waals surface area contributed by atoms with Gasteiger partial charge in [0.2, 0.25) is 11.0 Å². The van der Waals surface area contributed by atoms with Crippen molar-refractivity contribution in [2.45, 2.75) is 26.7 Å². The van der Waals surface area contributed by atoms with E-state index < -0.39 is 0 Å². The number of aromatic nitrogens is 4. The van der Waals surface area contributed by atoms with Crippen molar-refractivity contribution in [3.63, 3.8) is 0 Å². The smallest absolute Gasteiger partial charge is 0.232 e. The maximum absolute atomic E-state index is 12.2. The lowest BCUT2D eigenvalue weighted by Crippen LogP contribution is -2.16. The highest BCUT2D eigenvalue weighted by Crippen LogP contribution is 2.27. The van der Waals surface area contributed by atoms with Crippen LogP contribution in [0, 0.1) is 6.92 Å². The molecule has 0 radical (unpaired) electrons. The topological polar surface area (TPSA) is 72.7 Å². The Balaban J connectivity index is 1.66. The van der Waals surface area contributed by atoms with Crippen molar-refractivity contribution in [1.82, 2.24) is 19.1 Å². The number of hydrogen-bond acceptors (Lipinski definition) is 6. The van der Waals surface area contributed by atoms with E-state index in [9.17, 15) is 4.79 Å². The Bertz CT molecular complexity index is 833. The number of aryl methyl sites for hydroxylation is 3. The number of nitrogens with zero attached hydrogens (tertiary/aromatic N) is 4. The van der Waals surface area contributed by atoms with Crippen LogP contribution < -0.4 is 5.32 Å². The van der Waals surface area contributed by atoms with Gasteiger partial charge in [0.1, 0.15) is 0 Å². The third-order valence-corrected chi connectivity index (χ3v) is 4.99. The Morgan fingerprint density at radius 3 is 2.87 bits per heavy atom. The van der Waals surface area contributed by atoms with Crippen LogP contribution in [0.4, 0.5) is 5.13 Å². The molecule has 1 amide bonds. The van der Waals surface area contributed by atoms with Gasteiger partial charge in [0.15, 0.2) is 5.82 Å². The Kier molecular flexibility index (Phi) is 4.53. The van der Waals surface area contributed by atoms with Gasteiger partial charge in [-0.3, -0.25) is 9.48 Å². The highest BCUT2D eigenvalue weighted by atomic mass is 32.1. The van der Waals surface area contributed by atoms with Crippen molar-refractivity contribution in [3.8, 4) is 10.7 Å². The van der Waals surface area contributed by atoms with E-state index in [0.29, 0.717) is 11.0 Å². The summed E-state index contributed by atoms with van der Waals surface area (Å²) in [5.41, 5.74) is 1.87. The van der Waals surface area contributed by atoms with E-state index in [4.69, 9.17) is 0 Å². The third-order valence-electron chi connectivity index (χ3n) is 3.36.